The SMILES string of the molecule is COc1cccc(N2C[C@H](C(=O)NCc3cc(-c4cccs4)on3)CC2=O)c1. The maximum atomic E-state index is 12.5. The van der Waals surface area contributed by atoms with Gasteiger partial charge in [0.15, 0.2) is 5.76 Å². The average molecular weight is 397 g/mol. The van der Waals surface area contributed by atoms with E-state index in [0.29, 0.717) is 23.7 Å². The van der Waals surface area contributed by atoms with E-state index in [-0.39, 0.29) is 24.8 Å². The molecule has 0 spiro atoms. The highest BCUT2D eigenvalue weighted by atomic mass is 32.1. The molecule has 7 nitrogen and oxygen atoms in total. The Balaban J connectivity index is 1.36. The highest BCUT2D eigenvalue weighted by Crippen LogP contribution is 2.28. The van der Waals surface area contributed by atoms with Crippen LogP contribution in [0.3, 0.4) is 0 Å². The van der Waals surface area contributed by atoms with Gasteiger partial charge in [-0.3, -0.25) is 9.59 Å². The fourth-order valence-electron chi connectivity index (χ4n) is 3.16. The van der Waals surface area contributed by atoms with Crippen LogP contribution < -0.4 is 15.0 Å². The number of carbonyl (C=O) groups excluding carboxylic acids is 2. The van der Waals surface area contributed by atoms with Crippen LogP contribution in [0.1, 0.15) is 12.1 Å². The topological polar surface area (TPSA) is 84.7 Å². The zero-order valence-corrected chi connectivity index (χ0v) is 16.1. The van der Waals surface area contributed by atoms with Crippen molar-refractivity contribution >= 4 is 28.8 Å². The van der Waals surface area contributed by atoms with Crippen molar-refractivity contribution in [3.8, 4) is 16.4 Å². The summed E-state index contributed by atoms with van der Waals surface area (Å²) in [6.07, 6.45) is 0.183. The number of benzene rings is 1. The zero-order valence-electron chi connectivity index (χ0n) is 15.3. The van der Waals surface area contributed by atoms with E-state index in [0.717, 1.165) is 10.6 Å². The summed E-state index contributed by atoms with van der Waals surface area (Å²) in [7, 11) is 1.58. The summed E-state index contributed by atoms with van der Waals surface area (Å²) in [4.78, 5) is 27.5. The monoisotopic (exact) mass is 397 g/mol. The van der Waals surface area contributed by atoms with E-state index < -0.39 is 5.92 Å². The molecule has 2 aromatic heterocycles. The van der Waals surface area contributed by atoms with Crippen LogP contribution in [-0.4, -0.2) is 30.6 Å². The molecule has 1 atom stereocenters. The van der Waals surface area contributed by atoms with Gasteiger partial charge in [0.05, 0.1) is 24.4 Å². The number of carbonyl (C=O) groups is 2. The van der Waals surface area contributed by atoms with Gasteiger partial charge in [-0.05, 0) is 23.6 Å². The maximum absolute atomic E-state index is 12.5. The molecule has 1 aliphatic heterocycles. The number of amides is 2. The largest absolute Gasteiger partial charge is 0.497 e. The molecule has 1 N–H and O–H groups in total. The Bertz CT molecular complexity index is 983. The highest BCUT2D eigenvalue weighted by molar-refractivity contribution is 7.13. The van der Waals surface area contributed by atoms with Gasteiger partial charge in [0.2, 0.25) is 11.8 Å². The lowest BCUT2D eigenvalue weighted by Gasteiger charge is -2.17. The fraction of sp³-hybridized carbons (Fsp3) is 0.250. The molecule has 0 aliphatic carbocycles. The standard InChI is InChI=1S/C20H19N3O4S/c1-26-16-5-2-4-15(10-16)23-12-13(8-19(23)24)20(25)21-11-14-9-17(27-22-14)18-6-3-7-28-18/h2-7,9-10,13H,8,11-12H2,1H3,(H,21,25)/t13-/m1/s1. The van der Waals surface area contributed by atoms with Crippen molar-refractivity contribution in [2.45, 2.75) is 13.0 Å². The molecule has 28 heavy (non-hydrogen) atoms. The average Bonchev–Trinajstić information content (AvgIpc) is 3.46. The minimum Gasteiger partial charge on any atom is -0.497 e. The van der Waals surface area contributed by atoms with Gasteiger partial charge < -0.3 is 19.5 Å². The highest BCUT2D eigenvalue weighted by Gasteiger charge is 2.35. The summed E-state index contributed by atoms with van der Waals surface area (Å²) in [6.45, 7) is 0.606. The molecule has 0 saturated carbocycles. The molecule has 1 saturated heterocycles. The Hall–Kier alpha value is -3.13. The quantitative estimate of drug-likeness (QED) is 0.691. The van der Waals surface area contributed by atoms with Gasteiger partial charge in [-0.15, -0.1) is 11.3 Å². The van der Waals surface area contributed by atoms with Gasteiger partial charge in [0.25, 0.3) is 0 Å². The van der Waals surface area contributed by atoms with Gasteiger partial charge in [-0.2, -0.15) is 0 Å². The minimum atomic E-state index is -0.401. The molecule has 3 aromatic rings. The van der Waals surface area contributed by atoms with E-state index >= 15 is 0 Å². The molecule has 4 rings (SSSR count). The number of methoxy groups -OCH3 is 1. The van der Waals surface area contributed by atoms with Crippen LogP contribution in [0.5, 0.6) is 5.75 Å². The molecule has 144 valence electrons. The number of ether oxygens (including phenoxy) is 1. The van der Waals surface area contributed by atoms with Gasteiger partial charge in [-0.1, -0.05) is 17.3 Å². The number of anilines is 1. The van der Waals surface area contributed by atoms with Crippen molar-refractivity contribution in [1.29, 1.82) is 0 Å². The summed E-state index contributed by atoms with van der Waals surface area (Å²) >= 11 is 1.56. The third-order valence-electron chi connectivity index (χ3n) is 4.63. The van der Waals surface area contributed by atoms with Crippen LogP contribution in [0, 0.1) is 5.92 Å². The summed E-state index contributed by atoms with van der Waals surface area (Å²) in [5.74, 6) is 0.710. The smallest absolute Gasteiger partial charge is 0.227 e. The first-order valence-corrected chi connectivity index (χ1v) is 9.73. The fourth-order valence-corrected chi connectivity index (χ4v) is 3.84. The molecule has 1 aliphatic rings. The first-order chi connectivity index (χ1) is 13.6. The van der Waals surface area contributed by atoms with E-state index in [4.69, 9.17) is 9.26 Å². The van der Waals surface area contributed by atoms with Crippen LogP contribution in [-0.2, 0) is 16.1 Å². The molecular weight excluding hydrogens is 378 g/mol. The van der Waals surface area contributed by atoms with E-state index in [1.165, 1.54) is 0 Å². The molecule has 0 unspecified atom stereocenters. The predicted octanol–water partition coefficient (Wildman–Crippen LogP) is 3.08. The van der Waals surface area contributed by atoms with E-state index in [1.54, 1.807) is 29.4 Å². The molecule has 0 radical (unpaired) electrons. The van der Waals surface area contributed by atoms with E-state index in [2.05, 4.69) is 10.5 Å². The third-order valence-corrected chi connectivity index (χ3v) is 5.51. The normalized spacial score (nSPS) is 16.4. The lowest BCUT2D eigenvalue weighted by atomic mass is 10.1. The summed E-state index contributed by atoms with van der Waals surface area (Å²) in [5, 5.41) is 8.81. The first kappa shape index (κ1) is 18.2. The Morgan fingerprint density at radius 3 is 3.04 bits per heavy atom. The number of hydrogen-bond acceptors (Lipinski definition) is 6. The number of aromatic nitrogens is 1. The molecule has 8 heteroatoms. The third kappa shape index (κ3) is 3.77. The van der Waals surface area contributed by atoms with Crippen molar-refractivity contribution in [1.82, 2.24) is 10.5 Å². The first-order valence-electron chi connectivity index (χ1n) is 8.85. The van der Waals surface area contributed by atoms with Crippen LogP contribution >= 0.6 is 11.3 Å². The van der Waals surface area contributed by atoms with Crippen LogP contribution in [0.2, 0.25) is 0 Å². The molecule has 1 aromatic carbocycles. The Labute approximate surface area is 165 Å². The summed E-state index contributed by atoms with van der Waals surface area (Å²) in [6, 6.07) is 13.0. The summed E-state index contributed by atoms with van der Waals surface area (Å²) < 4.78 is 10.5. The number of thiophene rings is 1. The number of nitrogens with one attached hydrogen (secondary N) is 1. The number of nitrogens with zero attached hydrogens (tertiary/aromatic N) is 2. The Morgan fingerprint density at radius 2 is 2.25 bits per heavy atom. The van der Waals surface area contributed by atoms with Crippen LogP contribution in [0.4, 0.5) is 5.69 Å². The second-order valence-electron chi connectivity index (χ2n) is 6.48. The van der Waals surface area contributed by atoms with E-state index in [1.807, 2.05) is 41.8 Å². The van der Waals surface area contributed by atoms with Crippen molar-refractivity contribution < 1.29 is 18.8 Å². The van der Waals surface area contributed by atoms with Gasteiger partial charge in [0, 0.05) is 30.8 Å². The predicted molar refractivity (Wildman–Crippen MR) is 105 cm³/mol. The van der Waals surface area contributed by atoms with Crippen molar-refractivity contribution in [3.05, 3.63) is 53.5 Å². The molecule has 1 fully saturated rings. The zero-order chi connectivity index (χ0) is 19.5. The van der Waals surface area contributed by atoms with Crippen molar-refractivity contribution in [2.24, 2.45) is 5.92 Å². The summed E-state index contributed by atoms with van der Waals surface area (Å²) in [5.41, 5.74) is 1.38. The Morgan fingerprint density at radius 1 is 1.36 bits per heavy atom. The van der Waals surface area contributed by atoms with Crippen molar-refractivity contribution in [2.75, 3.05) is 18.6 Å². The second kappa shape index (κ2) is 7.85. The lowest BCUT2D eigenvalue weighted by molar-refractivity contribution is -0.126. The van der Waals surface area contributed by atoms with Gasteiger partial charge >= 0.3 is 0 Å². The van der Waals surface area contributed by atoms with Crippen LogP contribution in [0.15, 0.2) is 52.4 Å². The van der Waals surface area contributed by atoms with Gasteiger partial charge in [0.1, 0.15) is 11.4 Å². The number of rotatable bonds is 6. The molecule has 3 heterocycles. The van der Waals surface area contributed by atoms with Crippen LogP contribution in [0.25, 0.3) is 10.6 Å². The minimum absolute atomic E-state index is 0.0742. The van der Waals surface area contributed by atoms with Crippen molar-refractivity contribution in [3.63, 3.8) is 0 Å². The maximum Gasteiger partial charge on any atom is 0.227 e. The molecular formula is C20H19N3O4S. The molecule has 2 amide bonds. The lowest BCUT2D eigenvalue weighted by Crippen LogP contribution is -2.32. The number of hydrogen-bond donors (Lipinski definition) is 1. The molecule has 0 bridgehead atoms. The van der Waals surface area contributed by atoms with E-state index in [9.17, 15) is 9.59 Å². The van der Waals surface area contributed by atoms with Gasteiger partial charge in [-0.25, -0.2) is 0 Å². The Kier molecular flexibility index (Phi) is 5.12. The second-order valence-corrected chi connectivity index (χ2v) is 7.43.